The third kappa shape index (κ3) is 3.17. The van der Waals surface area contributed by atoms with E-state index in [0.717, 1.165) is 6.07 Å². The first-order chi connectivity index (χ1) is 6.83. The van der Waals surface area contributed by atoms with Crippen molar-refractivity contribution in [3.63, 3.8) is 0 Å². The third-order valence-corrected chi connectivity index (χ3v) is 1.96. The molecular weight excluding hydrogens is 235 g/mol. The first-order valence-electron chi connectivity index (χ1n) is 3.78. The molecular formula is C8H7ClF3NO2. The molecule has 0 saturated heterocycles. The number of nitrogens with two attached hydrogens (primary N) is 1. The Bertz CT molecular complexity index is 368. The molecule has 0 aromatic heterocycles. The molecule has 0 spiro atoms. The molecule has 84 valence electrons. The van der Waals surface area contributed by atoms with Crippen molar-refractivity contribution in [1.29, 1.82) is 0 Å². The Morgan fingerprint density at radius 1 is 1.40 bits per heavy atom. The van der Waals surface area contributed by atoms with E-state index in [9.17, 15) is 13.2 Å². The SMILES string of the molecule is Nc1cc(CO)c(Cl)c(OC(F)(F)F)c1. The zero-order valence-corrected chi connectivity index (χ0v) is 8.06. The second kappa shape index (κ2) is 4.16. The fourth-order valence-corrected chi connectivity index (χ4v) is 1.20. The summed E-state index contributed by atoms with van der Waals surface area (Å²) in [6, 6.07) is 2.21. The molecule has 0 amide bonds. The van der Waals surface area contributed by atoms with Crippen molar-refractivity contribution in [2.45, 2.75) is 13.0 Å². The maximum atomic E-state index is 11.9. The summed E-state index contributed by atoms with van der Waals surface area (Å²) in [4.78, 5) is 0. The van der Waals surface area contributed by atoms with Crippen molar-refractivity contribution in [2.75, 3.05) is 5.73 Å². The van der Waals surface area contributed by atoms with Gasteiger partial charge in [-0.3, -0.25) is 0 Å². The highest BCUT2D eigenvalue weighted by Crippen LogP contribution is 2.34. The summed E-state index contributed by atoms with van der Waals surface area (Å²) in [5, 5.41) is 8.49. The van der Waals surface area contributed by atoms with Crippen LogP contribution in [0.1, 0.15) is 5.56 Å². The Morgan fingerprint density at radius 3 is 2.47 bits per heavy atom. The maximum Gasteiger partial charge on any atom is 0.573 e. The van der Waals surface area contributed by atoms with Gasteiger partial charge in [0.1, 0.15) is 5.75 Å². The third-order valence-electron chi connectivity index (χ3n) is 1.53. The van der Waals surface area contributed by atoms with Gasteiger partial charge in [-0.25, -0.2) is 0 Å². The molecule has 3 nitrogen and oxygen atoms in total. The molecule has 1 aromatic carbocycles. The van der Waals surface area contributed by atoms with Gasteiger partial charge in [-0.2, -0.15) is 0 Å². The standard InChI is InChI=1S/C8H7ClF3NO2/c9-7-4(3-14)1-5(13)2-6(7)15-8(10,11)12/h1-2,14H,3,13H2. The summed E-state index contributed by atoms with van der Waals surface area (Å²) >= 11 is 5.55. The molecule has 0 saturated carbocycles. The summed E-state index contributed by atoms with van der Waals surface area (Å²) in [5.74, 6) is -0.617. The minimum absolute atomic E-state index is 0.0303. The second-order valence-electron chi connectivity index (χ2n) is 2.70. The first-order valence-corrected chi connectivity index (χ1v) is 4.16. The van der Waals surface area contributed by atoms with E-state index in [1.807, 2.05) is 0 Å². The average Bonchev–Trinajstić information content (AvgIpc) is 2.08. The summed E-state index contributed by atoms with van der Waals surface area (Å²) in [5.41, 5.74) is 5.42. The van der Waals surface area contributed by atoms with Crippen LogP contribution in [0, 0.1) is 0 Å². The highest BCUT2D eigenvalue weighted by Gasteiger charge is 2.32. The van der Waals surface area contributed by atoms with Crippen molar-refractivity contribution in [3.05, 3.63) is 22.7 Å². The topological polar surface area (TPSA) is 55.5 Å². The van der Waals surface area contributed by atoms with Crippen molar-refractivity contribution in [3.8, 4) is 5.75 Å². The number of aliphatic hydroxyl groups excluding tert-OH is 1. The van der Waals surface area contributed by atoms with E-state index in [1.54, 1.807) is 0 Å². The number of benzene rings is 1. The van der Waals surface area contributed by atoms with Crippen LogP contribution in [0.3, 0.4) is 0 Å². The van der Waals surface area contributed by atoms with E-state index in [2.05, 4.69) is 4.74 Å². The number of ether oxygens (including phenoxy) is 1. The lowest BCUT2D eigenvalue weighted by Crippen LogP contribution is -2.17. The Morgan fingerprint density at radius 2 is 2.00 bits per heavy atom. The van der Waals surface area contributed by atoms with E-state index in [4.69, 9.17) is 22.4 Å². The van der Waals surface area contributed by atoms with E-state index >= 15 is 0 Å². The maximum absolute atomic E-state index is 11.9. The van der Waals surface area contributed by atoms with Gasteiger partial charge in [-0.1, -0.05) is 11.6 Å². The highest BCUT2D eigenvalue weighted by molar-refractivity contribution is 6.33. The van der Waals surface area contributed by atoms with Gasteiger partial charge >= 0.3 is 6.36 Å². The molecule has 0 radical (unpaired) electrons. The first kappa shape index (κ1) is 11.9. The molecule has 0 fully saturated rings. The Balaban J connectivity index is 3.12. The van der Waals surface area contributed by atoms with E-state index in [1.165, 1.54) is 6.07 Å². The Hall–Kier alpha value is -1.14. The Labute approximate surface area is 88.2 Å². The van der Waals surface area contributed by atoms with Gasteiger partial charge in [-0.05, 0) is 6.07 Å². The average molecular weight is 242 g/mol. The molecule has 0 atom stereocenters. The van der Waals surface area contributed by atoms with Crippen LogP contribution in [0.2, 0.25) is 5.02 Å². The molecule has 15 heavy (non-hydrogen) atoms. The molecule has 1 rings (SSSR count). The van der Waals surface area contributed by atoms with Gasteiger partial charge < -0.3 is 15.6 Å². The summed E-state index contributed by atoms with van der Waals surface area (Å²) < 4.78 is 39.3. The minimum atomic E-state index is -4.84. The molecule has 0 aliphatic rings. The van der Waals surface area contributed by atoms with E-state index in [-0.39, 0.29) is 16.3 Å². The number of halogens is 4. The quantitative estimate of drug-likeness (QED) is 0.782. The zero-order valence-electron chi connectivity index (χ0n) is 7.31. The lowest BCUT2D eigenvalue weighted by Gasteiger charge is -2.12. The van der Waals surface area contributed by atoms with Gasteiger partial charge in [0.2, 0.25) is 0 Å². The fourth-order valence-electron chi connectivity index (χ4n) is 0.993. The molecule has 3 N–H and O–H groups in total. The number of rotatable bonds is 2. The van der Waals surface area contributed by atoms with Gasteiger partial charge in [0.05, 0.1) is 11.6 Å². The van der Waals surface area contributed by atoms with Crippen LogP contribution in [0.4, 0.5) is 18.9 Å². The number of aliphatic hydroxyl groups is 1. The molecule has 0 unspecified atom stereocenters. The van der Waals surface area contributed by atoms with Crippen LogP contribution < -0.4 is 10.5 Å². The normalized spacial score (nSPS) is 11.5. The van der Waals surface area contributed by atoms with Crippen molar-refractivity contribution in [1.82, 2.24) is 0 Å². The molecule has 0 aliphatic carbocycles. The smallest absolute Gasteiger partial charge is 0.404 e. The van der Waals surface area contributed by atoms with Crippen LogP contribution in [0.25, 0.3) is 0 Å². The van der Waals surface area contributed by atoms with E-state index in [0.29, 0.717) is 0 Å². The lowest BCUT2D eigenvalue weighted by molar-refractivity contribution is -0.274. The van der Waals surface area contributed by atoms with Gasteiger partial charge in [0, 0.05) is 17.3 Å². The largest absolute Gasteiger partial charge is 0.573 e. The number of anilines is 1. The van der Waals surface area contributed by atoms with E-state index < -0.39 is 18.7 Å². The molecule has 7 heteroatoms. The second-order valence-corrected chi connectivity index (χ2v) is 3.08. The predicted octanol–water partition coefficient (Wildman–Crippen LogP) is 2.31. The zero-order chi connectivity index (χ0) is 11.6. The highest BCUT2D eigenvalue weighted by atomic mass is 35.5. The van der Waals surface area contributed by atoms with Gasteiger partial charge in [0.25, 0.3) is 0 Å². The van der Waals surface area contributed by atoms with Crippen molar-refractivity contribution < 1.29 is 23.0 Å². The Kier molecular flexibility index (Phi) is 3.31. The van der Waals surface area contributed by atoms with Crippen LogP contribution >= 0.6 is 11.6 Å². The predicted molar refractivity (Wildman–Crippen MR) is 48.5 cm³/mol. The van der Waals surface area contributed by atoms with Gasteiger partial charge in [0.15, 0.2) is 0 Å². The molecule has 0 aliphatic heterocycles. The fraction of sp³-hybridized carbons (Fsp3) is 0.250. The summed E-state index contributed by atoms with van der Waals surface area (Å²) in [6.07, 6.45) is -4.84. The molecule has 0 heterocycles. The van der Waals surface area contributed by atoms with Gasteiger partial charge in [-0.15, -0.1) is 13.2 Å². The summed E-state index contributed by atoms with van der Waals surface area (Å²) in [7, 11) is 0. The monoisotopic (exact) mass is 241 g/mol. The lowest BCUT2D eigenvalue weighted by atomic mass is 10.2. The number of alkyl halides is 3. The van der Waals surface area contributed by atoms with Crippen LogP contribution in [-0.4, -0.2) is 11.5 Å². The molecule has 0 bridgehead atoms. The number of nitrogen functional groups attached to an aromatic ring is 1. The summed E-state index contributed by atoms with van der Waals surface area (Å²) in [6.45, 7) is -0.516. The number of hydrogen-bond acceptors (Lipinski definition) is 3. The van der Waals surface area contributed by atoms with Crippen LogP contribution in [-0.2, 0) is 6.61 Å². The van der Waals surface area contributed by atoms with Crippen LogP contribution in [0.15, 0.2) is 12.1 Å². The number of hydrogen-bond donors (Lipinski definition) is 2. The molecule has 1 aromatic rings. The minimum Gasteiger partial charge on any atom is -0.404 e. The van der Waals surface area contributed by atoms with Crippen molar-refractivity contribution >= 4 is 17.3 Å². The van der Waals surface area contributed by atoms with Crippen molar-refractivity contribution in [2.24, 2.45) is 0 Å². The van der Waals surface area contributed by atoms with Crippen LogP contribution in [0.5, 0.6) is 5.75 Å².